The first-order valence-electron chi connectivity index (χ1n) is 9.30. The molecule has 0 unspecified atom stereocenters. The molecular formula is C19H28N4O3. The Bertz CT molecular complexity index is 637. The van der Waals surface area contributed by atoms with E-state index in [1.807, 2.05) is 12.1 Å². The van der Waals surface area contributed by atoms with Crippen LogP contribution in [0, 0.1) is 11.8 Å². The zero-order valence-electron chi connectivity index (χ0n) is 15.6. The van der Waals surface area contributed by atoms with Crippen molar-refractivity contribution in [1.29, 1.82) is 0 Å². The summed E-state index contributed by atoms with van der Waals surface area (Å²) in [5, 5.41) is 3.39. The third-order valence-electron chi connectivity index (χ3n) is 4.95. The number of piperidine rings is 1. The number of likely N-dealkylation sites (tertiary alicyclic amines) is 1. The molecule has 26 heavy (non-hydrogen) atoms. The number of aromatic nitrogens is 1. The predicted octanol–water partition coefficient (Wildman–Crippen LogP) is 1.83. The van der Waals surface area contributed by atoms with E-state index in [2.05, 4.69) is 20.2 Å². The molecule has 142 valence electrons. The van der Waals surface area contributed by atoms with Crippen LogP contribution in [-0.4, -0.2) is 55.7 Å². The monoisotopic (exact) mass is 360 g/mol. The van der Waals surface area contributed by atoms with Gasteiger partial charge in [0.15, 0.2) is 5.96 Å². The summed E-state index contributed by atoms with van der Waals surface area (Å²) in [4.78, 5) is 22.5. The molecule has 1 aromatic rings. The van der Waals surface area contributed by atoms with E-state index in [4.69, 9.17) is 9.47 Å². The second-order valence-electron chi connectivity index (χ2n) is 6.94. The summed E-state index contributed by atoms with van der Waals surface area (Å²) in [6.45, 7) is 3.02. The van der Waals surface area contributed by atoms with Gasteiger partial charge in [0.1, 0.15) is 0 Å². The van der Waals surface area contributed by atoms with E-state index in [-0.39, 0.29) is 11.9 Å². The molecule has 2 heterocycles. The normalized spacial score (nSPS) is 18.5. The first-order valence-corrected chi connectivity index (χ1v) is 9.30. The SMILES string of the molecule is CN=C(NCc1ccnc(OCC2CC2)c1)N1CCC(C(=O)OC)CC1. The number of carbonyl (C=O) groups excluding carboxylic acids is 1. The van der Waals surface area contributed by atoms with Gasteiger partial charge in [-0.15, -0.1) is 0 Å². The molecule has 0 aromatic carbocycles. The number of methoxy groups -OCH3 is 1. The lowest BCUT2D eigenvalue weighted by atomic mass is 9.97. The zero-order chi connectivity index (χ0) is 18.4. The second kappa shape index (κ2) is 8.87. The molecule has 7 nitrogen and oxygen atoms in total. The maximum Gasteiger partial charge on any atom is 0.308 e. The molecule has 1 aliphatic carbocycles. The van der Waals surface area contributed by atoms with Crippen LogP contribution in [-0.2, 0) is 16.1 Å². The lowest BCUT2D eigenvalue weighted by Gasteiger charge is -2.33. The van der Waals surface area contributed by atoms with Gasteiger partial charge in [0.2, 0.25) is 5.88 Å². The number of ether oxygens (including phenoxy) is 2. The van der Waals surface area contributed by atoms with Crippen molar-refractivity contribution in [3.05, 3.63) is 23.9 Å². The highest BCUT2D eigenvalue weighted by atomic mass is 16.5. The molecule has 0 spiro atoms. The van der Waals surface area contributed by atoms with E-state index >= 15 is 0 Å². The average Bonchev–Trinajstić information content (AvgIpc) is 3.51. The molecule has 1 saturated carbocycles. The molecular weight excluding hydrogens is 332 g/mol. The molecule has 2 aliphatic rings. The van der Waals surface area contributed by atoms with Gasteiger partial charge < -0.3 is 19.7 Å². The van der Waals surface area contributed by atoms with Gasteiger partial charge in [-0.2, -0.15) is 0 Å². The largest absolute Gasteiger partial charge is 0.477 e. The van der Waals surface area contributed by atoms with Gasteiger partial charge in [-0.3, -0.25) is 9.79 Å². The first kappa shape index (κ1) is 18.5. The summed E-state index contributed by atoms with van der Waals surface area (Å²) < 4.78 is 10.6. The molecule has 0 amide bonds. The van der Waals surface area contributed by atoms with Gasteiger partial charge in [0.25, 0.3) is 0 Å². The fraction of sp³-hybridized carbons (Fsp3) is 0.632. The second-order valence-corrected chi connectivity index (χ2v) is 6.94. The van der Waals surface area contributed by atoms with E-state index in [0.717, 1.165) is 44.1 Å². The van der Waals surface area contributed by atoms with E-state index < -0.39 is 0 Å². The summed E-state index contributed by atoms with van der Waals surface area (Å²) >= 11 is 0. The summed E-state index contributed by atoms with van der Waals surface area (Å²) in [6.07, 6.45) is 5.90. The molecule has 0 atom stereocenters. The molecule has 1 aliphatic heterocycles. The number of nitrogens with one attached hydrogen (secondary N) is 1. The quantitative estimate of drug-likeness (QED) is 0.474. The van der Waals surface area contributed by atoms with E-state index in [1.165, 1.54) is 20.0 Å². The molecule has 7 heteroatoms. The van der Waals surface area contributed by atoms with Crippen LogP contribution >= 0.6 is 0 Å². The summed E-state index contributed by atoms with van der Waals surface area (Å²) in [5.41, 5.74) is 1.11. The Hall–Kier alpha value is -2.31. The van der Waals surface area contributed by atoms with Crippen LogP contribution in [0.1, 0.15) is 31.2 Å². The van der Waals surface area contributed by atoms with Crippen molar-refractivity contribution < 1.29 is 14.3 Å². The Morgan fingerprint density at radius 3 is 2.77 bits per heavy atom. The standard InChI is InChI=1S/C19H28N4O3/c1-20-19(23-9-6-16(7-10-23)18(24)25-2)22-12-15-5-8-21-17(11-15)26-13-14-3-4-14/h5,8,11,14,16H,3-4,6-7,9-10,12-13H2,1-2H3,(H,20,22). The smallest absolute Gasteiger partial charge is 0.308 e. The average molecular weight is 360 g/mol. The van der Waals surface area contributed by atoms with Crippen LogP contribution in [0.4, 0.5) is 0 Å². The van der Waals surface area contributed by atoms with Crippen LogP contribution in [0.25, 0.3) is 0 Å². The number of hydrogen-bond donors (Lipinski definition) is 1. The van der Waals surface area contributed by atoms with Gasteiger partial charge in [-0.25, -0.2) is 4.98 Å². The molecule has 1 aromatic heterocycles. The minimum atomic E-state index is -0.108. The van der Waals surface area contributed by atoms with Crippen LogP contribution in [0.15, 0.2) is 23.3 Å². The molecule has 0 radical (unpaired) electrons. The number of guanidine groups is 1. The van der Waals surface area contributed by atoms with E-state index in [0.29, 0.717) is 18.3 Å². The summed E-state index contributed by atoms with van der Waals surface area (Å²) in [6, 6.07) is 3.96. The third kappa shape index (κ3) is 5.09. The molecule has 0 bridgehead atoms. The van der Waals surface area contributed by atoms with Crippen molar-refractivity contribution in [2.75, 3.05) is 33.9 Å². The van der Waals surface area contributed by atoms with Gasteiger partial charge in [-0.05, 0) is 43.2 Å². The van der Waals surface area contributed by atoms with Crippen molar-refractivity contribution in [1.82, 2.24) is 15.2 Å². The molecule has 1 N–H and O–H groups in total. The minimum absolute atomic E-state index is 0.000674. The van der Waals surface area contributed by atoms with Gasteiger partial charge in [0, 0.05) is 38.9 Å². The fourth-order valence-corrected chi connectivity index (χ4v) is 3.13. The summed E-state index contributed by atoms with van der Waals surface area (Å²) in [7, 11) is 3.23. The highest BCUT2D eigenvalue weighted by Crippen LogP contribution is 2.29. The number of esters is 1. The van der Waals surface area contributed by atoms with E-state index in [9.17, 15) is 4.79 Å². The van der Waals surface area contributed by atoms with E-state index in [1.54, 1.807) is 13.2 Å². The van der Waals surface area contributed by atoms with Crippen molar-refractivity contribution in [3.8, 4) is 5.88 Å². The highest BCUT2D eigenvalue weighted by molar-refractivity contribution is 5.80. The Morgan fingerprint density at radius 1 is 1.35 bits per heavy atom. The number of nitrogens with zero attached hydrogens (tertiary/aromatic N) is 3. The maximum atomic E-state index is 11.7. The molecule has 3 rings (SSSR count). The van der Waals surface area contributed by atoms with Crippen molar-refractivity contribution in [3.63, 3.8) is 0 Å². The number of aliphatic imine (C=N–C) groups is 1. The van der Waals surface area contributed by atoms with Crippen LogP contribution in [0.5, 0.6) is 5.88 Å². The zero-order valence-corrected chi connectivity index (χ0v) is 15.6. The third-order valence-corrected chi connectivity index (χ3v) is 4.95. The van der Waals surface area contributed by atoms with Crippen LogP contribution in [0.3, 0.4) is 0 Å². The Labute approximate surface area is 154 Å². The van der Waals surface area contributed by atoms with Crippen molar-refractivity contribution >= 4 is 11.9 Å². The van der Waals surface area contributed by atoms with Gasteiger partial charge in [0.05, 0.1) is 19.6 Å². The lowest BCUT2D eigenvalue weighted by Crippen LogP contribution is -2.46. The van der Waals surface area contributed by atoms with Crippen LogP contribution in [0.2, 0.25) is 0 Å². The Kier molecular flexibility index (Phi) is 6.30. The Morgan fingerprint density at radius 2 is 2.12 bits per heavy atom. The lowest BCUT2D eigenvalue weighted by molar-refractivity contribution is -0.146. The van der Waals surface area contributed by atoms with Crippen molar-refractivity contribution in [2.45, 2.75) is 32.2 Å². The minimum Gasteiger partial charge on any atom is -0.477 e. The predicted molar refractivity (Wildman–Crippen MR) is 99.0 cm³/mol. The van der Waals surface area contributed by atoms with Gasteiger partial charge >= 0.3 is 5.97 Å². The molecule has 1 saturated heterocycles. The fourth-order valence-electron chi connectivity index (χ4n) is 3.13. The summed E-state index contributed by atoms with van der Waals surface area (Å²) in [5.74, 6) is 2.14. The number of carbonyl (C=O) groups is 1. The maximum absolute atomic E-state index is 11.7. The number of pyridine rings is 1. The van der Waals surface area contributed by atoms with Crippen molar-refractivity contribution in [2.24, 2.45) is 16.8 Å². The number of rotatable bonds is 6. The van der Waals surface area contributed by atoms with Crippen LogP contribution < -0.4 is 10.1 Å². The topological polar surface area (TPSA) is 76.1 Å². The number of hydrogen-bond acceptors (Lipinski definition) is 5. The first-order chi connectivity index (χ1) is 12.7. The van der Waals surface area contributed by atoms with Gasteiger partial charge in [-0.1, -0.05) is 0 Å². The Balaban J connectivity index is 1.48. The molecule has 2 fully saturated rings. The highest BCUT2D eigenvalue weighted by Gasteiger charge is 2.27.